The number of anilines is 1. The van der Waals surface area contributed by atoms with Crippen molar-refractivity contribution >= 4 is 17.6 Å². The summed E-state index contributed by atoms with van der Waals surface area (Å²) in [6.45, 7) is -0.472. The number of nitrogens with one attached hydrogen (secondary N) is 1. The van der Waals surface area contributed by atoms with Crippen molar-refractivity contribution in [2.45, 2.75) is 0 Å². The number of hydrogen-bond donors (Lipinski definition) is 1. The van der Waals surface area contributed by atoms with E-state index in [1.807, 2.05) is 30.3 Å². The molecule has 0 aliphatic heterocycles. The van der Waals surface area contributed by atoms with Crippen LogP contribution in [0.5, 0.6) is 23.0 Å². The lowest BCUT2D eigenvalue weighted by Crippen LogP contribution is -2.21. The van der Waals surface area contributed by atoms with E-state index in [2.05, 4.69) is 10.3 Å². The maximum atomic E-state index is 12.6. The van der Waals surface area contributed by atoms with Gasteiger partial charge in [0.25, 0.3) is 5.91 Å². The van der Waals surface area contributed by atoms with Gasteiger partial charge in [0.1, 0.15) is 22.8 Å². The van der Waals surface area contributed by atoms with Gasteiger partial charge in [-0.15, -0.1) is 0 Å². The topological polar surface area (TPSA) is 86.8 Å². The van der Waals surface area contributed by atoms with Crippen LogP contribution in [0, 0.1) is 0 Å². The summed E-state index contributed by atoms with van der Waals surface area (Å²) in [6, 6.07) is 26.3. The quantitative estimate of drug-likeness (QED) is 0.366. The Morgan fingerprint density at radius 3 is 2.18 bits per heavy atom. The number of benzene rings is 3. The molecule has 0 radical (unpaired) electrons. The summed E-state index contributed by atoms with van der Waals surface area (Å²) >= 11 is 0. The Hall–Kier alpha value is -4.65. The Kier molecular flexibility index (Phi) is 6.92. The van der Waals surface area contributed by atoms with E-state index >= 15 is 0 Å². The van der Waals surface area contributed by atoms with E-state index in [1.54, 1.807) is 66.9 Å². The number of carbonyl (C=O) groups excluding carboxylic acids is 2. The maximum Gasteiger partial charge on any atom is 0.342 e. The van der Waals surface area contributed by atoms with Crippen LogP contribution >= 0.6 is 0 Å². The highest BCUT2D eigenvalue weighted by atomic mass is 16.5. The number of rotatable bonds is 8. The van der Waals surface area contributed by atoms with Gasteiger partial charge in [0.2, 0.25) is 0 Å². The van der Waals surface area contributed by atoms with E-state index < -0.39 is 18.5 Å². The smallest absolute Gasteiger partial charge is 0.342 e. The SMILES string of the molecule is O=C(COC(=O)c1ccccc1Oc1cccnc1)Nc1ccccc1Oc1ccccc1. The highest BCUT2D eigenvalue weighted by molar-refractivity contribution is 5.97. The van der Waals surface area contributed by atoms with Gasteiger partial charge in [-0.3, -0.25) is 9.78 Å². The van der Waals surface area contributed by atoms with Crippen molar-refractivity contribution in [3.05, 3.63) is 109 Å². The van der Waals surface area contributed by atoms with Crippen LogP contribution in [0.2, 0.25) is 0 Å². The summed E-state index contributed by atoms with van der Waals surface area (Å²) in [6.07, 6.45) is 3.15. The molecule has 0 fully saturated rings. The molecule has 4 rings (SSSR count). The van der Waals surface area contributed by atoms with Crippen LogP contribution in [-0.2, 0) is 9.53 Å². The average Bonchev–Trinajstić information content (AvgIpc) is 2.85. The zero-order valence-corrected chi connectivity index (χ0v) is 17.5. The second-order valence-corrected chi connectivity index (χ2v) is 6.82. The summed E-state index contributed by atoms with van der Waals surface area (Å²) in [4.78, 5) is 29.0. The lowest BCUT2D eigenvalue weighted by molar-refractivity contribution is -0.119. The minimum Gasteiger partial charge on any atom is -0.455 e. The molecule has 7 heteroatoms. The fourth-order valence-corrected chi connectivity index (χ4v) is 2.93. The molecule has 1 N–H and O–H groups in total. The van der Waals surface area contributed by atoms with Crippen LogP contribution in [0.3, 0.4) is 0 Å². The second kappa shape index (κ2) is 10.6. The first-order valence-electron chi connectivity index (χ1n) is 10.1. The van der Waals surface area contributed by atoms with Crippen molar-refractivity contribution in [3.63, 3.8) is 0 Å². The first-order chi connectivity index (χ1) is 16.2. The third-order valence-corrected chi connectivity index (χ3v) is 4.44. The molecule has 0 spiro atoms. The zero-order valence-electron chi connectivity index (χ0n) is 17.5. The fourth-order valence-electron chi connectivity index (χ4n) is 2.93. The molecule has 0 atom stereocenters. The highest BCUT2D eigenvalue weighted by Gasteiger charge is 2.17. The molecule has 3 aromatic carbocycles. The number of hydrogen-bond acceptors (Lipinski definition) is 6. The number of nitrogens with zero attached hydrogens (tertiary/aromatic N) is 1. The summed E-state index contributed by atoms with van der Waals surface area (Å²) in [7, 11) is 0. The molecule has 0 unspecified atom stereocenters. The fraction of sp³-hybridized carbons (Fsp3) is 0.0385. The van der Waals surface area contributed by atoms with Crippen LogP contribution < -0.4 is 14.8 Å². The number of amides is 1. The molecular formula is C26H20N2O5. The van der Waals surface area contributed by atoms with Gasteiger partial charge in [0.15, 0.2) is 12.4 Å². The molecule has 0 saturated heterocycles. The van der Waals surface area contributed by atoms with Gasteiger partial charge in [-0.25, -0.2) is 4.79 Å². The van der Waals surface area contributed by atoms with Gasteiger partial charge in [0, 0.05) is 6.20 Å². The normalized spacial score (nSPS) is 10.2. The Bertz CT molecular complexity index is 1230. The standard InChI is InChI=1S/C26H20N2O5/c29-25(28-22-13-5-7-15-24(22)32-19-9-2-1-3-10-19)18-31-26(30)21-12-4-6-14-23(21)33-20-11-8-16-27-17-20/h1-17H,18H2,(H,28,29). The molecule has 164 valence electrons. The molecule has 1 heterocycles. The van der Waals surface area contributed by atoms with Crippen molar-refractivity contribution in [1.82, 2.24) is 4.98 Å². The predicted octanol–water partition coefficient (Wildman–Crippen LogP) is 5.46. The lowest BCUT2D eigenvalue weighted by Gasteiger charge is -2.13. The molecule has 0 saturated carbocycles. The minimum atomic E-state index is -0.682. The molecule has 0 aliphatic rings. The molecule has 0 aliphatic carbocycles. The van der Waals surface area contributed by atoms with E-state index in [-0.39, 0.29) is 5.56 Å². The largest absolute Gasteiger partial charge is 0.455 e. The van der Waals surface area contributed by atoms with Crippen LogP contribution in [0.1, 0.15) is 10.4 Å². The van der Waals surface area contributed by atoms with Gasteiger partial charge in [0.05, 0.1) is 11.9 Å². The van der Waals surface area contributed by atoms with Crippen molar-refractivity contribution < 1.29 is 23.8 Å². The van der Waals surface area contributed by atoms with E-state index in [1.165, 1.54) is 6.20 Å². The Labute approximate surface area is 190 Å². The molecule has 4 aromatic rings. The summed E-state index contributed by atoms with van der Waals surface area (Å²) in [5.74, 6) is 0.703. The number of pyridine rings is 1. The maximum absolute atomic E-state index is 12.6. The molecular weight excluding hydrogens is 420 g/mol. The minimum absolute atomic E-state index is 0.196. The number of esters is 1. The van der Waals surface area contributed by atoms with Gasteiger partial charge in [-0.2, -0.15) is 0 Å². The van der Waals surface area contributed by atoms with Crippen LogP contribution in [0.15, 0.2) is 103 Å². The molecule has 0 bridgehead atoms. The van der Waals surface area contributed by atoms with Crippen molar-refractivity contribution in [3.8, 4) is 23.0 Å². The number of para-hydroxylation sites is 4. The third-order valence-electron chi connectivity index (χ3n) is 4.44. The van der Waals surface area contributed by atoms with Gasteiger partial charge < -0.3 is 19.5 Å². The summed E-state index contributed by atoms with van der Waals surface area (Å²) in [5, 5.41) is 2.71. The van der Waals surface area contributed by atoms with Crippen molar-refractivity contribution in [1.29, 1.82) is 0 Å². The second-order valence-electron chi connectivity index (χ2n) is 6.82. The number of carbonyl (C=O) groups is 2. The van der Waals surface area contributed by atoms with Crippen LogP contribution in [0.4, 0.5) is 5.69 Å². The van der Waals surface area contributed by atoms with E-state index in [0.717, 1.165) is 0 Å². The first kappa shape index (κ1) is 21.6. The number of aromatic nitrogens is 1. The van der Waals surface area contributed by atoms with Crippen molar-refractivity contribution in [2.75, 3.05) is 11.9 Å². The molecule has 1 aromatic heterocycles. The predicted molar refractivity (Wildman–Crippen MR) is 123 cm³/mol. The molecule has 1 amide bonds. The first-order valence-corrected chi connectivity index (χ1v) is 10.1. The van der Waals surface area contributed by atoms with Gasteiger partial charge in [-0.1, -0.05) is 42.5 Å². The van der Waals surface area contributed by atoms with E-state index in [9.17, 15) is 9.59 Å². The highest BCUT2D eigenvalue weighted by Crippen LogP contribution is 2.29. The summed E-state index contributed by atoms with van der Waals surface area (Å²) in [5.41, 5.74) is 0.657. The average molecular weight is 440 g/mol. The van der Waals surface area contributed by atoms with Crippen LogP contribution in [0.25, 0.3) is 0 Å². The van der Waals surface area contributed by atoms with Gasteiger partial charge in [-0.05, 0) is 48.5 Å². The Morgan fingerprint density at radius 1 is 0.727 bits per heavy atom. The zero-order chi connectivity index (χ0) is 22.9. The van der Waals surface area contributed by atoms with E-state index in [4.69, 9.17) is 14.2 Å². The number of ether oxygens (including phenoxy) is 3. The van der Waals surface area contributed by atoms with Crippen molar-refractivity contribution in [2.24, 2.45) is 0 Å². The van der Waals surface area contributed by atoms with Crippen LogP contribution in [-0.4, -0.2) is 23.5 Å². The lowest BCUT2D eigenvalue weighted by atomic mass is 10.2. The summed E-state index contributed by atoms with van der Waals surface area (Å²) < 4.78 is 16.8. The molecule has 33 heavy (non-hydrogen) atoms. The molecule has 7 nitrogen and oxygen atoms in total. The van der Waals surface area contributed by atoms with Gasteiger partial charge >= 0.3 is 5.97 Å². The monoisotopic (exact) mass is 440 g/mol. The Balaban J connectivity index is 1.38. The third kappa shape index (κ3) is 5.95. The van der Waals surface area contributed by atoms with E-state index in [0.29, 0.717) is 28.7 Å². The Morgan fingerprint density at radius 2 is 1.39 bits per heavy atom.